The molecule has 2 aliphatic carbocycles. The maximum atomic E-state index is 11.7. The van der Waals surface area contributed by atoms with Gasteiger partial charge in [-0.15, -0.1) is 0 Å². The number of hydrogen-bond donors (Lipinski definition) is 3. The summed E-state index contributed by atoms with van der Waals surface area (Å²) in [5.41, 5.74) is 0. The first kappa shape index (κ1) is 13.8. The van der Waals surface area contributed by atoms with Crippen molar-refractivity contribution in [2.24, 2.45) is 17.8 Å². The van der Waals surface area contributed by atoms with Crippen molar-refractivity contribution in [3.63, 3.8) is 0 Å². The highest BCUT2D eigenvalue weighted by molar-refractivity contribution is 5.86. The van der Waals surface area contributed by atoms with Crippen LogP contribution in [0, 0.1) is 17.8 Å². The third kappa shape index (κ3) is 3.94. The van der Waals surface area contributed by atoms with Crippen molar-refractivity contribution in [1.82, 2.24) is 10.6 Å². The second kappa shape index (κ2) is 6.04. The van der Waals surface area contributed by atoms with Crippen LogP contribution in [-0.4, -0.2) is 36.0 Å². The van der Waals surface area contributed by atoms with Gasteiger partial charge in [0.25, 0.3) is 0 Å². The number of carbonyl (C=O) groups excluding carboxylic acids is 2. The number of hydrogen-bond acceptors (Lipinski definition) is 3. The van der Waals surface area contributed by atoms with E-state index in [4.69, 9.17) is 5.11 Å². The fraction of sp³-hybridized carbons (Fsp3) is 0.769. The fourth-order valence-electron chi connectivity index (χ4n) is 3.35. The second-order valence-corrected chi connectivity index (χ2v) is 5.59. The predicted octanol–water partition coefficient (Wildman–Crippen LogP) is 0.130. The van der Waals surface area contributed by atoms with Crippen molar-refractivity contribution in [3.05, 3.63) is 0 Å². The van der Waals surface area contributed by atoms with Crippen LogP contribution in [0.5, 0.6) is 0 Å². The van der Waals surface area contributed by atoms with E-state index in [-0.39, 0.29) is 12.5 Å². The van der Waals surface area contributed by atoms with E-state index in [0.717, 1.165) is 12.3 Å². The first-order valence-electron chi connectivity index (χ1n) is 6.79. The van der Waals surface area contributed by atoms with Crippen LogP contribution < -0.4 is 10.6 Å². The van der Waals surface area contributed by atoms with Crippen LogP contribution in [0.4, 0.5) is 0 Å². The molecule has 19 heavy (non-hydrogen) atoms. The Bertz CT molecular complexity index is 383. The third-order valence-corrected chi connectivity index (χ3v) is 4.22. The number of nitrogens with one attached hydrogen (secondary N) is 2. The summed E-state index contributed by atoms with van der Waals surface area (Å²) in [6.45, 7) is -0.561. The molecule has 2 bridgehead atoms. The van der Waals surface area contributed by atoms with Crippen molar-refractivity contribution >= 4 is 17.8 Å². The molecule has 0 radical (unpaired) electrons. The molecular formula is C13H20N2O4. The number of aliphatic carboxylic acids is 1. The molecule has 0 saturated heterocycles. The molecule has 0 aromatic rings. The number of fused-ring (bicyclic) bond motifs is 2. The first-order chi connectivity index (χ1) is 9.04. The van der Waals surface area contributed by atoms with E-state index < -0.39 is 18.4 Å². The third-order valence-electron chi connectivity index (χ3n) is 4.22. The van der Waals surface area contributed by atoms with Gasteiger partial charge in [0.2, 0.25) is 11.8 Å². The van der Waals surface area contributed by atoms with E-state index in [9.17, 15) is 14.4 Å². The van der Waals surface area contributed by atoms with Gasteiger partial charge in [-0.2, -0.15) is 0 Å². The summed E-state index contributed by atoms with van der Waals surface area (Å²) >= 11 is 0. The molecule has 2 aliphatic rings. The molecule has 2 amide bonds. The molecule has 6 nitrogen and oxygen atoms in total. The number of carboxylic acids is 1. The van der Waals surface area contributed by atoms with Gasteiger partial charge in [0.05, 0.1) is 6.54 Å². The van der Waals surface area contributed by atoms with Gasteiger partial charge in [0.15, 0.2) is 0 Å². The molecule has 0 heterocycles. The minimum atomic E-state index is -1.10. The standard InChI is InChI=1S/C13H20N2O4/c16-11(14-6-12(17)15-7-13(18)19)5-10-4-8-1-2-9(10)3-8/h8-10H,1-7H2,(H,14,16)(H,15,17)(H,18,19). The molecule has 3 unspecified atom stereocenters. The predicted molar refractivity (Wildman–Crippen MR) is 67.2 cm³/mol. The van der Waals surface area contributed by atoms with Crippen LogP contribution in [0.3, 0.4) is 0 Å². The largest absolute Gasteiger partial charge is 0.480 e. The van der Waals surface area contributed by atoms with E-state index in [0.29, 0.717) is 18.3 Å². The van der Waals surface area contributed by atoms with Gasteiger partial charge in [0.1, 0.15) is 6.54 Å². The molecule has 2 saturated carbocycles. The van der Waals surface area contributed by atoms with Crippen molar-refractivity contribution in [2.45, 2.75) is 32.1 Å². The molecule has 3 atom stereocenters. The number of rotatable bonds is 6. The molecule has 2 rings (SSSR count). The Kier molecular flexibility index (Phi) is 4.39. The SMILES string of the molecule is O=C(O)CNC(=O)CNC(=O)CC1CC2CCC1C2. The van der Waals surface area contributed by atoms with E-state index >= 15 is 0 Å². The minimum Gasteiger partial charge on any atom is -0.480 e. The van der Waals surface area contributed by atoms with Gasteiger partial charge >= 0.3 is 5.97 Å². The lowest BCUT2D eigenvalue weighted by Crippen LogP contribution is -2.39. The summed E-state index contributed by atoms with van der Waals surface area (Å²) in [5.74, 6) is 0.299. The minimum absolute atomic E-state index is 0.108. The normalized spacial score (nSPS) is 28.1. The summed E-state index contributed by atoms with van der Waals surface area (Å²) in [7, 11) is 0. The Morgan fingerprint density at radius 1 is 1.00 bits per heavy atom. The van der Waals surface area contributed by atoms with Gasteiger partial charge in [-0.3, -0.25) is 14.4 Å². The Hall–Kier alpha value is -1.59. The molecule has 0 aromatic carbocycles. The van der Waals surface area contributed by atoms with Gasteiger partial charge in [0, 0.05) is 6.42 Å². The Morgan fingerprint density at radius 2 is 1.74 bits per heavy atom. The van der Waals surface area contributed by atoms with Crippen molar-refractivity contribution in [3.8, 4) is 0 Å². The summed E-state index contributed by atoms with van der Waals surface area (Å²) < 4.78 is 0. The Balaban J connectivity index is 1.62. The van der Waals surface area contributed by atoms with Crippen LogP contribution in [0.1, 0.15) is 32.1 Å². The van der Waals surface area contributed by atoms with E-state index in [1.807, 2.05) is 0 Å². The maximum absolute atomic E-state index is 11.7. The monoisotopic (exact) mass is 268 g/mol. The van der Waals surface area contributed by atoms with Gasteiger partial charge in [-0.05, 0) is 37.0 Å². The number of amides is 2. The lowest BCUT2D eigenvalue weighted by atomic mass is 9.86. The van der Waals surface area contributed by atoms with Gasteiger partial charge in [-0.25, -0.2) is 0 Å². The second-order valence-electron chi connectivity index (χ2n) is 5.59. The lowest BCUT2D eigenvalue weighted by Gasteiger charge is -2.20. The summed E-state index contributed by atoms with van der Waals surface area (Å²) in [6.07, 6.45) is 5.44. The average molecular weight is 268 g/mol. The molecular weight excluding hydrogens is 248 g/mol. The van der Waals surface area contributed by atoms with Crippen LogP contribution in [0.25, 0.3) is 0 Å². The lowest BCUT2D eigenvalue weighted by molar-refractivity contribution is -0.137. The smallest absolute Gasteiger partial charge is 0.322 e. The summed E-state index contributed by atoms with van der Waals surface area (Å²) in [4.78, 5) is 33.2. The van der Waals surface area contributed by atoms with Crippen molar-refractivity contribution in [1.29, 1.82) is 0 Å². The highest BCUT2D eigenvalue weighted by Gasteiger charge is 2.40. The number of carbonyl (C=O) groups is 3. The molecule has 2 fully saturated rings. The molecule has 0 spiro atoms. The van der Waals surface area contributed by atoms with Crippen LogP contribution in [-0.2, 0) is 14.4 Å². The van der Waals surface area contributed by atoms with Crippen LogP contribution >= 0.6 is 0 Å². The summed E-state index contributed by atoms with van der Waals surface area (Å²) in [6, 6.07) is 0. The molecule has 0 aromatic heterocycles. The Morgan fingerprint density at radius 3 is 2.32 bits per heavy atom. The quantitative estimate of drug-likeness (QED) is 0.638. The van der Waals surface area contributed by atoms with Crippen LogP contribution in [0.2, 0.25) is 0 Å². The number of carboxylic acid groups (broad SMARTS) is 1. The molecule has 106 valence electrons. The zero-order chi connectivity index (χ0) is 13.8. The van der Waals surface area contributed by atoms with E-state index in [2.05, 4.69) is 10.6 Å². The zero-order valence-electron chi connectivity index (χ0n) is 10.9. The topological polar surface area (TPSA) is 95.5 Å². The summed E-state index contributed by atoms with van der Waals surface area (Å²) in [5, 5.41) is 13.1. The maximum Gasteiger partial charge on any atom is 0.322 e. The molecule has 6 heteroatoms. The fourth-order valence-corrected chi connectivity index (χ4v) is 3.35. The van der Waals surface area contributed by atoms with Crippen molar-refractivity contribution in [2.75, 3.05) is 13.1 Å². The molecule has 3 N–H and O–H groups in total. The zero-order valence-corrected chi connectivity index (χ0v) is 10.9. The van der Waals surface area contributed by atoms with Crippen molar-refractivity contribution < 1.29 is 19.5 Å². The average Bonchev–Trinajstić information content (AvgIpc) is 2.96. The Labute approximate surface area is 111 Å². The van der Waals surface area contributed by atoms with E-state index in [1.165, 1.54) is 19.3 Å². The van der Waals surface area contributed by atoms with Crippen LogP contribution in [0.15, 0.2) is 0 Å². The van der Waals surface area contributed by atoms with E-state index in [1.54, 1.807) is 0 Å². The van der Waals surface area contributed by atoms with Gasteiger partial charge < -0.3 is 15.7 Å². The molecule has 0 aliphatic heterocycles. The first-order valence-corrected chi connectivity index (χ1v) is 6.79. The van der Waals surface area contributed by atoms with Gasteiger partial charge in [-0.1, -0.05) is 6.42 Å². The highest BCUT2D eigenvalue weighted by Crippen LogP contribution is 2.49. The highest BCUT2D eigenvalue weighted by atomic mass is 16.4.